The number of sulfonamides is 1. The van der Waals surface area contributed by atoms with Crippen LogP contribution >= 0.6 is 24.0 Å². The van der Waals surface area contributed by atoms with E-state index in [0.29, 0.717) is 12.5 Å². The van der Waals surface area contributed by atoms with Gasteiger partial charge in [0.1, 0.15) is 0 Å². The summed E-state index contributed by atoms with van der Waals surface area (Å²) in [5.41, 5.74) is 3.23. The summed E-state index contributed by atoms with van der Waals surface area (Å²) >= 11 is 0. The van der Waals surface area contributed by atoms with Crippen LogP contribution in [0, 0.1) is 0 Å². The van der Waals surface area contributed by atoms with E-state index in [2.05, 4.69) is 37.5 Å². The number of aromatic amines is 1. The van der Waals surface area contributed by atoms with Crippen LogP contribution in [0.5, 0.6) is 0 Å². The van der Waals surface area contributed by atoms with E-state index in [-0.39, 0.29) is 28.9 Å². The Balaban J connectivity index is 0.00000320. The third-order valence-corrected chi connectivity index (χ3v) is 6.02. The molecule has 0 aliphatic carbocycles. The first-order valence-electron chi connectivity index (χ1n) is 9.63. The minimum Gasteiger partial charge on any atom is -0.361 e. The van der Waals surface area contributed by atoms with Crippen LogP contribution in [-0.4, -0.2) is 39.5 Å². The monoisotopic (exact) mass is 541 g/mol. The van der Waals surface area contributed by atoms with Gasteiger partial charge in [-0.1, -0.05) is 30.3 Å². The summed E-state index contributed by atoms with van der Waals surface area (Å²) in [7, 11) is -2.06. The van der Waals surface area contributed by atoms with Crippen molar-refractivity contribution in [2.45, 2.75) is 24.8 Å². The second-order valence-corrected chi connectivity index (χ2v) is 8.47. The van der Waals surface area contributed by atoms with Gasteiger partial charge in [0.05, 0.1) is 11.4 Å². The maximum Gasteiger partial charge on any atom is 0.240 e. The van der Waals surface area contributed by atoms with Crippen LogP contribution in [0.4, 0.5) is 0 Å². The fourth-order valence-corrected chi connectivity index (χ4v) is 3.89. The number of nitrogens with one attached hydrogen (secondary N) is 4. The third kappa shape index (κ3) is 6.19. The lowest BCUT2D eigenvalue weighted by Crippen LogP contribution is -2.38. The molecule has 0 bridgehead atoms. The highest BCUT2D eigenvalue weighted by Crippen LogP contribution is 2.17. The van der Waals surface area contributed by atoms with Crippen LogP contribution in [0.1, 0.15) is 18.1 Å². The van der Waals surface area contributed by atoms with Gasteiger partial charge in [0.2, 0.25) is 10.0 Å². The van der Waals surface area contributed by atoms with Crippen molar-refractivity contribution in [2.24, 2.45) is 4.99 Å². The fraction of sp³-hybridized carbons (Fsp3) is 0.286. The Morgan fingerprint density at radius 1 is 1.10 bits per heavy atom. The van der Waals surface area contributed by atoms with Crippen molar-refractivity contribution in [1.82, 2.24) is 20.3 Å². The summed E-state index contributed by atoms with van der Waals surface area (Å²) in [6.45, 7) is 3.88. The average Bonchev–Trinajstić information content (AvgIpc) is 3.15. The third-order valence-electron chi connectivity index (χ3n) is 4.60. The molecule has 1 heterocycles. The lowest BCUT2D eigenvalue weighted by molar-refractivity contribution is 0.588. The molecule has 162 valence electrons. The molecule has 0 fully saturated rings. The molecule has 0 atom stereocenters. The predicted molar refractivity (Wildman–Crippen MR) is 133 cm³/mol. The first-order chi connectivity index (χ1) is 14.0. The molecular weight excluding hydrogens is 513 g/mol. The molecule has 0 amide bonds. The van der Waals surface area contributed by atoms with Crippen molar-refractivity contribution in [3.63, 3.8) is 0 Å². The van der Waals surface area contributed by atoms with Gasteiger partial charge in [-0.3, -0.25) is 0 Å². The van der Waals surface area contributed by atoms with Crippen molar-refractivity contribution in [3.05, 3.63) is 65.9 Å². The van der Waals surface area contributed by atoms with E-state index in [1.54, 1.807) is 18.2 Å². The molecule has 3 rings (SSSR count). The fourth-order valence-electron chi connectivity index (χ4n) is 3.09. The molecular formula is C21H28IN5O2S. The molecule has 0 unspecified atom stereocenters. The van der Waals surface area contributed by atoms with Gasteiger partial charge >= 0.3 is 0 Å². The van der Waals surface area contributed by atoms with Crippen LogP contribution in [0.3, 0.4) is 0 Å². The normalized spacial score (nSPS) is 11.9. The predicted octanol–water partition coefficient (Wildman–Crippen LogP) is 2.99. The average molecular weight is 541 g/mol. The van der Waals surface area contributed by atoms with Gasteiger partial charge in [-0.2, -0.15) is 0 Å². The standard InChI is InChI=1S/C21H27N5O2S.HI/c1-3-23-21(24-12-11-17-15-25-20-10-5-4-9-19(17)20)26-14-16-7-6-8-18(13-16)29(27,28)22-2;/h4-10,13,15,22,25H,3,11-12,14H2,1-2H3,(H2,23,24,26);1H. The number of halogens is 1. The van der Waals surface area contributed by atoms with Crippen molar-refractivity contribution < 1.29 is 8.42 Å². The highest BCUT2D eigenvalue weighted by molar-refractivity contribution is 14.0. The summed E-state index contributed by atoms with van der Waals surface area (Å²) in [6.07, 6.45) is 2.91. The van der Waals surface area contributed by atoms with Gasteiger partial charge in [-0.05, 0) is 49.7 Å². The van der Waals surface area contributed by atoms with Gasteiger partial charge < -0.3 is 15.6 Å². The molecule has 0 aliphatic rings. The molecule has 7 nitrogen and oxygen atoms in total. The highest BCUT2D eigenvalue weighted by Gasteiger charge is 2.11. The zero-order valence-corrected chi connectivity index (χ0v) is 20.3. The number of nitrogens with zero attached hydrogens (tertiary/aromatic N) is 1. The number of guanidine groups is 1. The summed E-state index contributed by atoms with van der Waals surface area (Å²) in [5.74, 6) is 0.703. The Morgan fingerprint density at radius 3 is 2.67 bits per heavy atom. The van der Waals surface area contributed by atoms with Gasteiger partial charge in [0.15, 0.2) is 5.96 Å². The second kappa shape index (κ2) is 11.3. The zero-order valence-electron chi connectivity index (χ0n) is 17.1. The molecule has 0 radical (unpaired) electrons. The first-order valence-corrected chi connectivity index (χ1v) is 11.1. The Kier molecular flexibility index (Phi) is 9.12. The number of hydrogen-bond donors (Lipinski definition) is 4. The molecule has 0 saturated heterocycles. The Morgan fingerprint density at radius 2 is 1.90 bits per heavy atom. The molecule has 1 aromatic heterocycles. The van der Waals surface area contributed by atoms with Crippen LogP contribution in [-0.2, 0) is 23.0 Å². The molecule has 30 heavy (non-hydrogen) atoms. The number of hydrogen-bond acceptors (Lipinski definition) is 3. The smallest absolute Gasteiger partial charge is 0.240 e. The molecule has 4 N–H and O–H groups in total. The van der Waals surface area contributed by atoms with Crippen molar-refractivity contribution in [2.75, 3.05) is 20.1 Å². The van der Waals surface area contributed by atoms with E-state index >= 15 is 0 Å². The summed E-state index contributed by atoms with van der Waals surface area (Å²) in [6, 6.07) is 15.1. The summed E-state index contributed by atoms with van der Waals surface area (Å²) in [4.78, 5) is 8.12. The lowest BCUT2D eigenvalue weighted by atomic mass is 10.1. The number of rotatable bonds is 8. The van der Waals surface area contributed by atoms with E-state index in [1.165, 1.54) is 18.0 Å². The zero-order chi connectivity index (χ0) is 20.7. The van der Waals surface area contributed by atoms with Crippen molar-refractivity contribution in [1.29, 1.82) is 0 Å². The molecule has 0 aliphatic heterocycles. The van der Waals surface area contributed by atoms with E-state index in [0.717, 1.165) is 30.6 Å². The van der Waals surface area contributed by atoms with Crippen molar-refractivity contribution >= 4 is 50.9 Å². The van der Waals surface area contributed by atoms with Gasteiger partial charge in [0, 0.05) is 30.2 Å². The number of fused-ring (bicyclic) bond motifs is 1. The highest BCUT2D eigenvalue weighted by atomic mass is 127. The van der Waals surface area contributed by atoms with Gasteiger partial charge in [-0.25, -0.2) is 18.1 Å². The molecule has 0 spiro atoms. The summed E-state index contributed by atoms with van der Waals surface area (Å²) < 4.78 is 26.3. The minimum atomic E-state index is -3.46. The molecule has 0 saturated carbocycles. The van der Waals surface area contributed by atoms with Crippen LogP contribution in [0.15, 0.2) is 64.6 Å². The van der Waals surface area contributed by atoms with Crippen LogP contribution in [0.2, 0.25) is 0 Å². The largest absolute Gasteiger partial charge is 0.361 e. The van der Waals surface area contributed by atoms with Gasteiger partial charge in [-0.15, -0.1) is 24.0 Å². The lowest BCUT2D eigenvalue weighted by Gasteiger charge is -2.11. The maximum atomic E-state index is 12.0. The molecule has 2 aromatic carbocycles. The number of aliphatic imine (C=N–C) groups is 1. The van der Waals surface area contributed by atoms with Gasteiger partial charge in [0.25, 0.3) is 0 Å². The molecule has 3 aromatic rings. The van der Waals surface area contributed by atoms with E-state index in [1.807, 2.05) is 31.3 Å². The number of benzene rings is 2. The number of aromatic nitrogens is 1. The van der Waals surface area contributed by atoms with E-state index < -0.39 is 10.0 Å². The van der Waals surface area contributed by atoms with Crippen LogP contribution < -0.4 is 15.4 Å². The maximum absolute atomic E-state index is 12.0. The van der Waals surface area contributed by atoms with Crippen LogP contribution in [0.25, 0.3) is 10.9 Å². The SMILES string of the molecule is CCNC(=NCc1cccc(S(=O)(=O)NC)c1)NCCc1c[nH]c2ccccc12.I. The quantitative estimate of drug-likeness (QED) is 0.200. The van der Waals surface area contributed by atoms with E-state index in [4.69, 9.17) is 0 Å². The van der Waals surface area contributed by atoms with Crippen molar-refractivity contribution in [3.8, 4) is 0 Å². The molecule has 9 heteroatoms. The summed E-state index contributed by atoms with van der Waals surface area (Å²) in [5, 5.41) is 7.81. The number of para-hydroxylation sites is 1. The Labute approximate surface area is 194 Å². The second-order valence-electron chi connectivity index (χ2n) is 6.59. The van der Waals surface area contributed by atoms with E-state index in [9.17, 15) is 8.42 Å². The minimum absolute atomic E-state index is 0. The Bertz CT molecular complexity index is 1100. The number of H-pyrrole nitrogens is 1. The topological polar surface area (TPSA) is 98.4 Å². The Hall–Kier alpha value is -2.11. The first kappa shape index (κ1) is 24.2.